The smallest absolute Gasteiger partial charge is 0.319 e. The van der Waals surface area contributed by atoms with Crippen LogP contribution in [0, 0.1) is 0 Å². The van der Waals surface area contributed by atoms with Crippen molar-refractivity contribution in [1.29, 1.82) is 0 Å². The van der Waals surface area contributed by atoms with Gasteiger partial charge in [-0.3, -0.25) is 4.79 Å². The van der Waals surface area contributed by atoms with Crippen molar-refractivity contribution >= 4 is 5.97 Å². The number of carbonyl (C=O) groups is 1. The predicted octanol–water partition coefficient (Wildman–Crippen LogP) is -0.0685. The lowest BCUT2D eigenvalue weighted by molar-refractivity contribution is -0.143. The SMILES string of the molecule is CCCOCCOCCOC(=O)CN. The van der Waals surface area contributed by atoms with Gasteiger partial charge in [-0.05, 0) is 6.42 Å². The van der Waals surface area contributed by atoms with E-state index in [4.69, 9.17) is 15.2 Å². The minimum Gasteiger partial charge on any atom is -0.462 e. The van der Waals surface area contributed by atoms with Crippen molar-refractivity contribution in [3.8, 4) is 0 Å². The highest BCUT2D eigenvalue weighted by atomic mass is 16.6. The molecular formula is C9H19NO4. The monoisotopic (exact) mass is 205 g/mol. The Kier molecular flexibility index (Phi) is 9.95. The van der Waals surface area contributed by atoms with Crippen LogP contribution in [-0.4, -0.2) is 45.5 Å². The van der Waals surface area contributed by atoms with E-state index in [1.807, 2.05) is 6.92 Å². The summed E-state index contributed by atoms with van der Waals surface area (Å²) in [7, 11) is 0. The molecule has 5 heteroatoms. The van der Waals surface area contributed by atoms with Gasteiger partial charge in [0, 0.05) is 6.61 Å². The molecule has 2 N–H and O–H groups in total. The molecule has 0 fully saturated rings. The summed E-state index contributed by atoms with van der Waals surface area (Å²) in [6, 6.07) is 0. The second-order valence-electron chi connectivity index (χ2n) is 2.65. The van der Waals surface area contributed by atoms with E-state index in [2.05, 4.69) is 4.74 Å². The van der Waals surface area contributed by atoms with Gasteiger partial charge < -0.3 is 19.9 Å². The van der Waals surface area contributed by atoms with E-state index in [1.54, 1.807) is 0 Å². The Bertz CT molecular complexity index is 141. The first-order valence-electron chi connectivity index (χ1n) is 4.82. The van der Waals surface area contributed by atoms with Gasteiger partial charge in [0.1, 0.15) is 6.61 Å². The minimum absolute atomic E-state index is 0.0837. The van der Waals surface area contributed by atoms with Crippen LogP contribution in [0.15, 0.2) is 0 Å². The molecule has 84 valence electrons. The van der Waals surface area contributed by atoms with Crippen molar-refractivity contribution in [3.05, 3.63) is 0 Å². The van der Waals surface area contributed by atoms with Crippen LogP contribution in [0.1, 0.15) is 13.3 Å². The fraction of sp³-hybridized carbons (Fsp3) is 0.889. The maximum atomic E-state index is 10.6. The molecule has 0 spiro atoms. The highest BCUT2D eigenvalue weighted by Crippen LogP contribution is 1.83. The molecule has 0 radical (unpaired) electrons. The third-order valence-corrected chi connectivity index (χ3v) is 1.38. The molecule has 0 aliphatic rings. The van der Waals surface area contributed by atoms with Crippen molar-refractivity contribution in [2.24, 2.45) is 5.73 Å². The molecule has 0 saturated heterocycles. The van der Waals surface area contributed by atoms with Crippen LogP contribution in [0.4, 0.5) is 0 Å². The maximum absolute atomic E-state index is 10.6. The van der Waals surface area contributed by atoms with Gasteiger partial charge in [-0.2, -0.15) is 0 Å². The van der Waals surface area contributed by atoms with E-state index < -0.39 is 5.97 Å². The van der Waals surface area contributed by atoms with Gasteiger partial charge in [-0.15, -0.1) is 0 Å². The van der Waals surface area contributed by atoms with E-state index in [0.717, 1.165) is 13.0 Å². The summed E-state index contributed by atoms with van der Waals surface area (Å²) < 4.78 is 15.0. The third kappa shape index (κ3) is 9.44. The van der Waals surface area contributed by atoms with Crippen LogP contribution in [0.2, 0.25) is 0 Å². The number of hydrogen-bond acceptors (Lipinski definition) is 5. The first-order chi connectivity index (χ1) is 6.81. The van der Waals surface area contributed by atoms with Crippen molar-refractivity contribution in [2.45, 2.75) is 13.3 Å². The van der Waals surface area contributed by atoms with E-state index in [0.29, 0.717) is 19.8 Å². The summed E-state index contributed by atoms with van der Waals surface area (Å²) in [6.45, 7) is 4.47. The Morgan fingerprint density at radius 3 is 2.21 bits per heavy atom. The van der Waals surface area contributed by atoms with Gasteiger partial charge in [-0.25, -0.2) is 0 Å². The Balaban J connectivity index is 2.95. The van der Waals surface area contributed by atoms with E-state index in [9.17, 15) is 4.79 Å². The zero-order chi connectivity index (χ0) is 10.6. The molecule has 0 bridgehead atoms. The van der Waals surface area contributed by atoms with Crippen molar-refractivity contribution in [1.82, 2.24) is 0 Å². The lowest BCUT2D eigenvalue weighted by atomic mass is 10.5. The van der Waals surface area contributed by atoms with Crippen LogP contribution in [-0.2, 0) is 19.0 Å². The number of nitrogens with two attached hydrogens (primary N) is 1. The number of rotatable bonds is 9. The van der Waals surface area contributed by atoms with Crippen LogP contribution in [0.5, 0.6) is 0 Å². The minimum atomic E-state index is -0.407. The normalized spacial score (nSPS) is 10.1. The summed E-state index contributed by atoms with van der Waals surface area (Å²) >= 11 is 0. The van der Waals surface area contributed by atoms with Gasteiger partial charge in [0.2, 0.25) is 0 Å². The summed E-state index contributed by atoms with van der Waals surface area (Å²) in [4.78, 5) is 10.6. The van der Waals surface area contributed by atoms with E-state index in [-0.39, 0.29) is 13.2 Å². The zero-order valence-electron chi connectivity index (χ0n) is 8.66. The van der Waals surface area contributed by atoms with Gasteiger partial charge in [0.15, 0.2) is 0 Å². The Morgan fingerprint density at radius 1 is 1.07 bits per heavy atom. The van der Waals surface area contributed by atoms with Crippen LogP contribution in [0.25, 0.3) is 0 Å². The molecule has 0 aromatic carbocycles. The second-order valence-corrected chi connectivity index (χ2v) is 2.65. The highest BCUT2D eigenvalue weighted by molar-refractivity contribution is 5.71. The number of carbonyl (C=O) groups excluding carboxylic acids is 1. The molecule has 0 rings (SSSR count). The summed E-state index contributed by atoms with van der Waals surface area (Å²) in [6.07, 6.45) is 1.01. The summed E-state index contributed by atoms with van der Waals surface area (Å²) in [5.41, 5.74) is 5.03. The first kappa shape index (κ1) is 13.4. The average molecular weight is 205 g/mol. The van der Waals surface area contributed by atoms with Crippen molar-refractivity contribution in [3.63, 3.8) is 0 Å². The molecule has 0 aliphatic carbocycles. The van der Waals surface area contributed by atoms with Crippen molar-refractivity contribution in [2.75, 3.05) is 39.6 Å². The number of ether oxygens (including phenoxy) is 3. The number of hydrogen-bond donors (Lipinski definition) is 1. The fourth-order valence-electron chi connectivity index (χ4n) is 0.740. The standard InChI is InChI=1S/C9H19NO4/c1-2-3-12-4-5-13-6-7-14-9(11)8-10/h2-8,10H2,1H3. The van der Waals surface area contributed by atoms with Crippen LogP contribution < -0.4 is 5.73 Å². The summed E-state index contributed by atoms with van der Waals surface area (Å²) in [5, 5.41) is 0. The lowest BCUT2D eigenvalue weighted by Gasteiger charge is -2.05. The average Bonchev–Trinajstić information content (AvgIpc) is 2.21. The Hall–Kier alpha value is -0.650. The molecule has 0 saturated carbocycles. The lowest BCUT2D eigenvalue weighted by Crippen LogP contribution is -2.19. The number of esters is 1. The van der Waals surface area contributed by atoms with Gasteiger partial charge >= 0.3 is 5.97 Å². The van der Waals surface area contributed by atoms with Crippen LogP contribution in [0.3, 0.4) is 0 Å². The first-order valence-corrected chi connectivity index (χ1v) is 4.82. The molecule has 0 aliphatic heterocycles. The quantitative estimate of drug-likeness (QED) is 0.421. The Morgan fingerprint density at radius 2 is 1.64 bits per heavy atom. The summed E-state index contributed by atoms with van der Waals surface area (Å²) in [5.74, 6) is -0.407. The highest BCUT2D eigenvalue weighted by Gasteiger charge is 1.97. The molecule has 0 atom stereocenters. The Labute approximate surface area is 84.5 Å². The molecule has 0 amide bonds. The molecular weight excluding hydrogens is 186 g/mol. The molecule has 5 nitrogen and oxygen atoms in total. The molecule has 14 heavy (non-hydrogen) atoms. The van der Waals surface area contributed by atoms with Gasteiger partial charge in [0.05, 0.1) is 26.4 Å². The zero-order valence-corrected chi connectivity index (χ0v) is 8.66. The van der Waals surface area contributed by atoms with Crippen LogP contribution >= 0.6 is 0 Å². The van der Waals surface area contributed by atoms with Gasteiger partial charge in [-0.1, -0.05) is 6.92 Å². The predicted molar refractivity (Wildman–Crippen MR) is 51.9 cm³/mol. The molecule has 0 heterocycles. The molecule has 0 aromatic rings. The second kappa shape index (κ2) is 10.4. The maximum Gasteiger partial charge on any atom is 0.319 e. The largest absolute Gasteiger partial charge is 0.462 e. The van der Waals surface area contributed by atoms with Crippen molar-refractivity contribution < 1.29 is 19.0 Å². The molecule has 0 unspecified atom stereocenters. The third-order valence-electron chi connectivity index (χ3n) is 1.38. The van der Waals surface area contributed by atoms with Gasteiger partial charge in [0.25, 0.3) is 0 Å². The topological polar surface area (TPSA) is 70.8 Å². The molecule has 0 aromatic heterocycles. The fourth-order valence-corrected chi connectivity index (χ4v) is 0.740. The van der Waals surface area contributed by atoms with E-state index in [1.165, 1.54) is 0 Å². The van der Waals surface area contributed by atoms with E-state index >= 15 is 0 Å².